The summed E-state index contributed by atoms with van der Waals surface area (Å²) < 4.78 is 1.87. The summed E-state index contributed by atoms with van der Waals surface area (Å²) in [7, 11) is 0. The van der Waals surface area contributed by atoms with Crippen molar-refractivity contribution >= 4 is 5.82 Å². The molecule has 0 unspecified atom stereocenters. The lowest BCUT2D eigenvalue weighted by Gasteiger charge is -2.09. The first-order valence-electron chi connectivity index (χ1n) is 7.88. The molecule has 0 saturated heterocycles. The highest BCUT2D eigenvalue weighted by Gasteiger charge is 2.08. The fourth-order valence-electron chi connectivity index (χ4n) is 2.64. The second kappa shape index (κ2) is 6.97. The minimum atomic E-state index is 0.612. The normalized spacial score (nSPS) is 10.4. The van der Waals surface area contributed by atoms with Gasteiger partial charge < -0.3 is 5.32 Å². The van der Waals surface area contributed by atoms with Gasteiger partial charge in [0.15, 0.2) is 0 Å². The number of pyridine rings is 1. The van der Waals surface area contributed by atoms with E-state index in [0.29, 0.717) is 17.9 Å². The molecule has 0 atom stereocenters. The average Bonchev–Trinajstić information content (AvgIpc) is 3.04. The molecule has 0 radical (unpaired) electrons. The lowest BCUT2D eigenvalue weighted by atomic mass is 10.1. The van der Waals surface area contributed by atoms with Gasteiger partial charge in [-0.3, -0.25) is 0 Å². The third-order valence-corrected chi connectivity index (χ3v) is 3.82. The standard InChI is InChI=1S/C19H19N5/c1-14-10-15(2)23-19(18(14)11-20)21-9-8-16-12-22-24(13-16)17-6-4-3-5-7-17/h3-7,10,12-13H,8-9H2,1-2H3,(H,21,23). The van der Waals surface area contributed by atoms with Gasteiger partial charge in [0.25, 0.3) is 0 Å². The molecule has 0 fully saturated rings. The van der Waals surface area contributed by atoms with Gasteiger partial charge in [0.2, 0.25) is 0 Å². The van der Waals surface area contributed by atoms with E-state index in [1.807, 2.05) is 67.3 Å². The van der Waals surface area contributed by atoms with Crippen molar-refractivity contribution in [3.05, 3.63) is 71.2 Å². The smallest absolute Gasteiger partial charge is 0.144 e. The minimum Gasteiger partial charge on any atom is -0.369 e. The minimum absolute atomic E-state index is 0.612. The van der Waals surface area contributed by atoms with Crippen LogP contribution in [0.5, 0.6) is 0 Å². The van der Waals surface area contributed by atoms with Crippen LogP contribution in [0, 0.1) is 25.2 Å². The summed E-state index contributed by atoms with van der Waals surface area (Å²) in [5, 5.41) is 17.0. The molecule has 24 heavy (non-hydrogen) atoms. The molecule has 5 heteroatoms. The Kier molecular flexibility index (Phi) is 4.57. The van der Waals surface area contributed by atoms with Crippen molar-refractivity contribution in [1.29, 1.82) is 5.26 Å². The van der Waals surface area contributed by atoms with E-state index in [2.05, 4.69) is 21.5 Å². The molecule has 0 bridgehead atoms. The van der Waals surface area contributed by atoms with Gasteiger partial charge in [-0.2, -0.15) is 10.4 Å². The zero-order chi connectivity index (χ0) is 16.9. The van der Waals surface area contributed by atoms with Crippen molar-refractivity contribution in [2.45, 2.75) is 20.3 Å². The van der Waals surface area contributed by atoms with Crippen molar-refractivity contribution in [1.82, 2.24) is 14.8 Å². The van der Waals surface area contributed by atoms with Gasteiger partial charge in [0.05, 0.1) is 17.4 Å². The van der Waals surface area contributed by atoms with E-state index in [1.54, 1.807) is 0 Å². The Balaban J connectivity index is 1.66. The van der Waals surface area contributed by atoms with Crippen LogP contribution in [0.3, 0.4) is 0 Å². The van der Waals surface area contributed by atoms with E-state index in [-0.39, 0.29) is 0 Å². The van der Waals surface area contributed by atoms with E-state index in [4.69, 9.17) is 0 Å². The molecule has 0 saturated carbocycles. The number of aromatic nitrogens is 3. The quantitative estimate of drug-likeness (QED) is 0.783. The van der Waals surface area contributed by atoms with Crippen LogP contribution in [0.2, 0.25) is 0 Å². The number of nitrogens with one attached hydrogen (secondary N) is 1. The number of para-hydroxylation sites is 1. The van der Waals surface area contributed by atoms with Crippen molar-refractivity contribution < 1.29 is 0 Å². The Bertz CT molecular complexity index is 875. The Morgan fingerprint density at radius 3 is 2.75 bits per heavy atom. The molecule has 0 amide bonds. The average molecular weight is 317 g/mol. The van der Waals surface area contributed by atoms with Gasteiger partial charge in [0, 0.05) is 18.4 Å². The fraction of sp³-hybridized carbons (Fsp3) is 0.211. The summed E-state index contributed by atoms with van der Waals surface area (Å²) in [6, 6.07) is 14.2. The van der Waals surface area contributed by atoms with Crippen molar-refractivity contribution in [2.75, 3.05) is 11.9 Å². The third kappa shape index (κ3) is 3.44. The largest absolute Gasteiger partial charge is 0.369 e. The maximum Gasteiger partial charge on any atom is 0.144 e. The number of nitriles is 1. The number of hydrogen-bond donors (Lipinski definition) is 1. The van der Waals surface area contributed by atoms with E-state index in [0.717, 1.165) is 28.9 Å². The number of benzene rings is 1. The molecule has 3 aromatic rings. The number of anilines is 1. The predicted octanol–water partition coefficient (Wildman–Crippen LogP) is 3.41. The van der Waals surface area contributed by atoms with Crippen LogP contribution in [0.1, 0.15) is 22.4 Å². The molecule has 0 spiro atoms. The summed E-state index contributed by atoms with van der Waals surface area (Å²) in [4.78, 5) is 4.43. The number of rotatable bonds is 5. The Hall–Kier alpha value is -3.13. The van der Waals surface area contributed by atoms with Crippen LogP contribution < -0.4 is 5.32 Å². The molecular weight excluding hydrogens is 298 g/mol. The molecule has 3 rings (SSSR count). The zero-order valence-electron chi connectivity index (χ0n) is 13.8. The highest BCUT2D eigenvalue weighted by molar-refractivity contribution is 5.56. The Labute approximate surface area is 141 Å². The first-order chi connectivity index (χ1) is 11.7. The fourth-order valence-corrected chi connectivity index (χ4v) is 2.64. The summed E-state index contributed by atoms with van der Waals surface area (Å²) in [6.45, 7) is 4.57. The van der Waals surface area contributed by atoms with E-state index in [1.165, 1.54) is 0 Å². The molecule has 1 aromatic carbocycles. The second-order valence-corrected chi connectivity index (χ2v) is 5.72. The SMILES string of the molecule is Cc1cc(C)c(C#N)c(NCCc2cnn(-c3ccccc3)c2)n1. The molecule has 1 N–H and O–H groups in total. The highest BCUT2D eigenvalue weighted by Crippen LogP contribution is 2.17. The maximum absolute atomic E-state index is 9.29. The summed E-state index contributed by atoms with van der Waals surface area (Å²) in [6.07, 6.45) is 4.71. The van der Waals surface area contributed by atoms with Gasteiger partial charge >= 0.3 is 0 Å². The molecule has 120 valence electrons. The van der Waals surface area contributed by atoms with Crippen LogP contribution in [0.4, 0.5) is 5.82 Å². The van der Waals surface area contributed by atoms with Crippen molar-refractivity contribution in [2.24, 2.45) is 0 Å². The molecule has 2 heterocycles. The van der Waals surface area contributed by atoms with Gasteiger partial charge in [0.1, 0.15) is 11.9 Å². The van der Waals surface area contributed by atoms with Gasteiger partial charge in [-0.05, 0) is 49.6 Å². The lowest BCUT2D eigenvalue weighted by molar-refractivity contribution is 0.879. The molecule has 2 aromatic heterocycles. The van der Waals surface area contributed by atoms with Crippen LogP contribution in [-0.2, 0) is 6.42 Å². The third-order valence-electron chi connectivity index (χ3n) is 3.82. The second-order valence-electron chi connectivity index (χ2n) is 5.72. The summed E-state index contributed by atoms with van der Waals surface area (Å²) in [5.74, 6) is 0.658. The maximum atomic E-state index is 9.29. The lowest BCUT2D eigenvalue weighted by Crippen LogP contribution is -2.09. The molecular formula is C19H19N5. The summed E-state index contributed by atoms with van der Waals surface area (Å²) in [5.41, 5.74) is 4.64. The van der Waals surface area contributed by atoms with E-state index >= 15 is 0 Å². The van der Waals surface area contributed by atoms with Crippen LogP contribution in [-0.4, -0.2) is 21.3 Å². The first kappa shape index (κ1) is 15.8. The van der Waals surface area contributed by atoms with Crippen molar-refractivity contribution in [3.8, 4) is 11.8 Å². The predicted molar refractivity (Wildman–Crippen MR) is 94.2 cm³/mol. The van der Waals surface area contributed by atoms with Gasteiger partial charge in [-0.25, -0.2) is 9.67 Å². The van der Waals surface area contributed by atoms with Crippen LogP contribution in [0.25, 0.3) is 5.69 Å². The van der Waals surface area contributed by atoms with Crippen LogP contribution in [0.15, 0.2) is 48.8 Å². The monoisotopic (exact) mass is 317 g/mol. The topological polar surface area (TPSA) is 66.5 Å². The molecule has 5 nitrogen and oxygen atoms in total. The summed E-state index contributed by atoms with van der Waals surface area (Å²) >= 11 is 0. The Morgan fingerprint density at radius 1 is 1.21 bits per heavy atom. The number of hydrogen-bond acceptors (Lipinski definition) is 4. The number of aryl methyl sites for hydroxylation is 2. The van der Waals surface area contributed by atoms with E-state index in [9.17, 15) is 5.26 Å². The first-order valence-corrected chi connectivity index (χ1v) is 7.88. The van der Waals surface area contributed by atoms with E-state index < -0.39 is 0 Å². The van der Waals surface area contributed by atoms with Gasteiger partial charge in [-0.1, -0.05) is 18.2 Å². The Morgan fingerprint density at radius 2 is 2.00 bits per heavy atom. The van der Waals surface area contributed by atoms with Crippen molar-refractivity contribution in [3.63, 3.8) is 0 Å². The highest BCUT2D eigenvalue weighted by atomic mass is 15.3. The molecule has 0 aliphatic rings. The van der Waals surface area contributed by atoms with Crippen LogP contribution >= 0.6 is 0 Å². The number of nitrogens with zero attached hydrogens (tertiary/aromatic N) is 4. The van der Waals surface area contributed by atoms with Gasteiger partial charge in [-0.15, -0.1) is 0 Å². The molecule has 0 aliphatic carbocycles. The molecule has 0 aliphatic heterocycles. The zero-order valence-corrected chi connectivity index (χ0v) is 13.8.